The van der Waals surface area contributed by atoms with Crippen molar-refractivity contribution >= 4 is 22.7 Å². The zero-order chi connectivity index (χ0) is 24.1. The SMILES string of the molecule is N#CC1CC(F)(F)CN1C(=O)CNC(=O)c1ccnc2ccc(OCCC3CCNCC3)cc12. The van der Waals surface area contributed by atoms with Gasteiger partial charge in [0.25, 0.3) is 11.8 Å². The number of halogens is 2. The van der Waals surface area contributed by atoms with Crippen LogP contribution < -0.4 is 15.4 Å². The monoisotopic (exact) mass is 471 g/mol. The molecule has 0 spiro atoms. The summed E-state index contributed by atoms with van der Waals surface area (Å²) in [6, 6.07) is 7.37. The number of carbonyl (C=O) groups excluding carboxylic acids is 2. The lowest BCUT2D eigenvalue weighted by molar-refractivity contribution is -0.131. The van der Waals surface area contributed by atoms with Crippen molar-refractivity contribution in [3.63, 3.8) is 0 Å². The lowest BCUT2D eigenvalue weighted by Crippen LogP contribution is -2.43. The molecule has 1 aromatic heterocycles. The van der Waals surface area contributed by atoms with E-state index in [-0.39, 0.29) is 0 Å². The summed E-state index contributed by atoms with van der Waals surface area (Å²) in [5, 5.41) is 15.5. The molecule has 2 aliphatic rings. The van der Waals surface area contributed by atoms with Gasteiger partial charge in [-0.05, 0) is 62.5 Å². The normalized spacial score (nSPS) is 20.1. The number of nitrogens with zero attached hydrogens (tertiary/aromatic N) is 3. The van der Waals surface area contributed by atoms with Crippen LogP contribution in [0.2, 0.25) is 0 Å². The van der Waals surface area contributed by atoms with Crippen LogP contribution in [0.25, 0.3) is 10.9 Å². The van der Waals surface area contributed by atoms with Gasteiger partial charge in [0, 0.05) is 18.0 Å². The highest BCUT2D eigenvalue weighted by Gasteiger charge is 2.47. The first-order valence-electron chi connectivity index (χ1n) is 11.4. The van der Waals surface area contributed by atoms with Crippen molar-refractivity contribution in [2.24, 2.45) is 5.92 Å². The Kier molecular flexibility index (Phi) is 7.22. The predicted molar refractivity (Wildman–Crippen MR) is 120 cm³/mol. The third-order valence-electron chi connectivity index (χ3n) is 6.35. The highest BCUT2D eigenvalue weighted by molar-refractivity contribution is 6.07. The third-order valence-corrected chi connectivity index (χ3v) is 6.35. The number of fused-ring (bicyclic) bond motifs is 1. The Bertz CT molecular complexity index is 1100. The summed E-state index contributed by atoms with van der Waals surface area (Å²) in [7, 11) is 0. The fourth-order valence-corrected chi connectivity index (χ4v) is 4.47. The van der Waals surface area contributed by atoms with Gasteiger partial charge in [-0.15, -0.1) is 0 Å². The molecule has 1 atom stereocenters. The zero-order valence-corrected chi connectivity index (χ0v) is 18.7. The van der Waals surface area contributed by atoms with E-state index in [1.54, 1.807) is 24.3 Å². The first-order chi connectivity index (χ1) is 16.4. The van der Waals surface area contributed by atoms with Gasteiger partial charge in [0.1, 0.15) is 11.8 Å². The molecule has 34 heavy (non-hydrogen) atoms. The quantitative estimate of drug-likeness (QED) is 0.643. The number of pyridine rings is 1. The van der Waals surface area contributed by atoms with Crippen LogP contribution in [0, 0.1) is 17.2 Å². The van der Waals surface area contributed by atoms with E-state index in [4.69, 9.17) is 10.00 Å². The molecule has 1 unspecified atom stereocenters. The third kappa shape index (κ3) is 5.59. The first kappa shape index (κ1) is 23.8. The number of aromatic nitrogens is 1. The molecule has 2 aromatic rings. The highest BCUT2D eigenvalue weighted by atomic mass is 19.3. The van der Waals surface area contributed by atoms with Gasteiger partial charge in [-0.1, -0.05) is 0 Å². The second-order valence-corrected chi connectivity index (χ2v) is 8.78. The summed E-state index contributed by atoms with van der Waals surface area (Å²) in [6.07, 6.45) is 4.03. The summed E-state index contributed by atoms with van der Waals surface area (Å²) < 4.78 is 33.1. The summed E-state index contributed by atoms with van der Waals surface area (Å²) >= 11 is 0. The van der Waals surface area contributed by atoms with Gasteiger partial charge in [-0.3, -0.25) is 14.6 Å². The van der Waals surface area contributed by atoms with Gasteiger partial charge in [-0.2, -0.15) is 5.26 Å². The number of hydrogen-bond acceptors (Lipinski definition) is 6. The number of benzene rings is 1. The van der Waals surface area contributed by atoms with E-state index in [9.17, 15) is 18.4 Å². The van der Waals surface area contributed by atoms with Crippen LogP contribution in [0.3, 0.4) is 0 Å². The largest absolute Gasteiger partial charge is 0.494 e. The predicted octanol–water partition coefficient (Wildman–Crippen LogP) is 2.49. The molecular weight excluding hydrogens is 444 g/mol. The number of nitriles is 1. The second kappa shape index (κ2) is 10.3. The molecule has 1 aromatic carbocycles. The van der Waals surface area contributed by atoms with Gasteiger partial charge in [-0.25, -0.2) is 8.78 Å². The van der Waals surface area contributed by atoms with E-state index in [2.05, 4.69) is 15.6 Å². The van der Waals surface area contributed by atoms with Gasteiger partial charge < -0.3 is 20.3 Å². The molecule has 3 heterocycles. The molecule has 4 rings (SSSR count). The van der Waals surface area contributed by atoms with Crippen LogP contribution in [0.1, 0.15) is 36.0 Å². The maximum Gasteiger partial charge on any atom is 0.268 e. The molecule has 2 amide bonds. The number of alkyl halides is 2. The van der Waals surface area contributed by atoms with Crippen molar-refractivity contribution in [3.05, 3.63) is 36.0 Å². The van der Waals surface area contributed by atoms with Gasteiger partial charge in [0.05, 0.1) is 36.8 Å². The summed E-state index contributed by atoms with van der Waals surface area (Å²) in [4.78, 5) is 30.3. The molecule has 180 valence electrons. The number of likely N-dealkylation sites (tertiary alicyclic amines) is 1. The first-order valence-corrected chi connectivity index (χ1v) is 11.4. The van der Waals surface area contributed by atoms with Crippen LogP contribution in [0.15, 0.2) is 30.5 Å². The zero-order valence-electron chi connectivity index (χ0n) is 18.7. The molecule has 0 radical (unpaired) electrons. The minimum absolute atomic E-state index is 0.296. The Morgan fingerprint density at radius 2 is 2.09 bits per heavy atom. The van der Waals surface area contributed by atoms with E-state index in [1.165, 1.54) is 12.3 Å². The number of amides is 2. The number of hydrogen-bond donors (Lipinski definition) is 2. The van der Waals surface area contributed by atoms with Crippen LogP contribution in [-0.2, 0) is 4.79 Å². The molecule has 2 N–H and O–H groups in total. The lowest BCUT2D eigenvalue weighted by atomic mass is 9.95. The highest BCUT2D eigenvalue weighted by Crippen LogP contribution is 2.31. The maximum atomic E-state index is 13.6. The van der Waals surface area contributed by atoms with E-state index in [0.717, 1.165) is 37.3 Å². The van der Waals surface area contributed by atoms with Crippen molar-refractivity contribution in [2.75, 3.05) is 32.8 Å². The lowest BCUT2D eigenvalue weighted by Gasteiger charge is -2.22. The van der Waals surface area contributed by atoms with Crippen molar-refractivity contribution < 1.29 is 23.1 Å². The fourth-order valence-electron chi connectivity index (χ4n) is 4.47. The van der Waals surface area contributed by atoms with Crippen molar-refractivity contribution in [2.45, 2.75) is 37.6 Å². The summed E-state index contributed by atoms with van der Waals surface area (Å²) in [5.74, 6) is -3.11. The Morgan fingerprint density at radius 3 is 2.85 bits per heavy atom. The van der Waals surface area contributed by atoms with Crippen molar-refractivity contribution in [3.8, 4) is 11.8 Å². The smallest absolute Gasteiger partial charge is 0.268 e. The standard InChI is InChI=1S/C24H27F2N5O3/c25-24(26)12-17(13-27)31(15-24)22(32)14-30-23(33)19-5-9-29-21-2-1-18(11-20(19)21)34-10-6-16-3-7-28-8-4-16/h1-2,5,9,11,16-17,28H,3-4,6-8,10,12,14-15H2,(H,30,33). The van der Waals surface area contributed by atoms with E-state index in [1.807, 2.05) is 0 Å². The summed E-state index contributed by atoms with van der Waals surface area (Å²) in [6.45, 7) is 1.34. The Labute approximate surface area is 196 Å². The van der Waals surface area contributed by atoms with Crippen LogP contribution in [0.4, 0.5) is 8.78 Å². The molecular formula is C24H27F2N5O3. The second-order valence-electron chi connectivity index (χ2n) is 8.78. The van der Waals surface area contributed by atoms with Crippen molar-refractivity contribution in [1.29, 1.82) is 5.26 Å². The van der Waals surface area contributed by atoms with Crippen LogP contribution in [0.5, 0.6) is 5.75 Å². The molecule has 2 aliphatic heterocycles. The fraction of sp³-hybridized carbons (Fsp3) is 0.500. The molecule has 0 bridgehead atoms. The molecule has 10 heteroatoms. The Morgan fingerprint density at radius 1 is 1.29 bits per heavy atom. The maximum absolute atomic E-state index is 13.6. The van der Waals surface area contributed by atoms with Crippen molar-refractivity contribution in [1.82, 2.24) is 20.5 Å². The minimum atomic E-state index is -3.11. The van der Waals surface area contributed by atoms with Gasteiger partial charge in [0.15, 0.2) is 0 Å². The molecule has 8 nitrogen and oxygen atoms in total. The Balaban J connectivity index is 1.39. The average Bonchev–Trinajstić information content (AvgIpc) is 3.17. The summed E-state index contributed by atoms with van der Waals surface area (Å²) in [5.41, 5.74) is 0.888. The molecule has 0 saturated carbocycles. The average molecular weight is 472 g/mol. The number of carbonyl (C=O) groups is 2. The van der Waals surface area contributed by atoms with E-state index in [0.29, 0.717) is 34.7 Å². The number of ether oxygens (including phenoxy) is 1. The van der Waals surface area contributed by atoms with Crippen LogP contribution >= 0.6 is 0 Å². The molecule has 0 aliphatic carbocycles. The van der Waals surface area contributed by atoms with Gasteiger partial charge >= 0.3 is 0 Å². The van der Waals surface area contributed by atoms with Crippen LogP contribution in [-0.4, -0.2) is 66.4 Å². The topological polar surface area (TPSA) is 107 Å². The van der Waals surface area contributed by atoms with E-state index < -0.39 is 43.3 Å². The molecule has 2 saturated heterocycles. The van der Waals surface area contributed by atoms with Gasteiger partial charge in [0.2, 0.25) is 5.91 Å². The Hall–Kier alpha value is -3.32. The number of nitrogens with one attached hydrogen (secondary N) is 2. The van der Waals surface area contributed by atoms with E-state index >= 15 is 0 Å². The number of rotatable bonds is 7. The molecule has 2 fully saturated rings. The number of piperidine rings is 1. The minimum Gasteiger partial charge on any atom is -0.494 e.